The minimum absolute atomic E-state index is 0.297. The van der Waals surface area contributed by atoms with Crippen LogP contribution in [0.4, 0.5) is 0 Å². The minimum atomic E-state index is 0.297. The van der Waals surface area contributed by atoms with Crippen LogP contribution in [0.3, 0.4) is 0 Å². The van der Waals surface area contributed by atoms with Gasteiger partial charge >= 0.3 is 0 Å². The second-order valence-corrected chi connectivity index (χ2v) is 3.71. The van der Waals surface area contributed by atoms with Crippen LogP contribution in [-0.4, -0.2) is 2.78 Å². The lowest BCUT2D eigenvalue weighted by Crippen LogP contribution is -2.03. The SMILES string of the molecule is NC1CCc2c1ccn2I. The van der Waals surface area contributed by atoms with Crippen LogP contribution in [-0.2, 0) is 6.42 Å². The van der Waals surface area contributed by atoms with E-state index in [0.29, 0.717) is 6.04 Å². The maximum absolute atomic E-state index is 5.84. The molecule has 10 heavy (non-hydrogen) atoms. The maximum atomic E-state index is 5.84. The molecule has 54 valence electrons. The monoisotopic (exact) mass is 248 g/mol. The molecule has 0 saturated carbocycles. The van der Waals surface area contributed by atoms with Crippen molar-refractivity contribution in [3.63, 3.8) is 0 Å². The summed E-state index contributed by atoms with van der Waals surface area (Å²) in [5.74, 6) is 0. The summed E-state index contributed by atoms with van der Waals surface area (Å²) >= 11 is 2.29. The summed E-state index contributed by atoms with van der Waals surface area (Å²) in [5.41, 5.74) is 8.60. The summed E-state index contributed by atoms with van der Waals surface area (Å²) in [7, 11) is 0. The molecule has 0 aromatic carbocycles. The van der Waals surface area contributed by atoms with Crippen LogP contribution in [0.1, 0.15) is 23.7 Å². The van der Waals surface area contributed by atoms with E-state index in [-0.39, 0.29) is 0 Å². The second kappa shape index (κ2) is 2.23. The fourth-order valence-electron chi connectivity index (χ4n) is 1.49. The van der Waals surface area contributed by atoms with Crippen molar-refractivity contribution in [2.45, 2.75) is 18.9 Å². The van der Waals surface area contributed by atoms with Crippen molar-refractivity contribution in [3.8, 4) is 0 Å². The Labute approximate surface area is 73.9 Å². The van der Waals surface area contributed by atoms with E-state index >= 15 is 0 Å². The summed E-state index contributed by atoms with van der Waals surface area (Å²) in [6.07, 6.45) is 4.34. The Balaban J connectivity index is 2.53. The van der Waals surface area contributed by atoms with E-state index in [2.05, 4.69) is 37.9 Å². The van der Waals surface area contributed by atoms with Gasteiger partial charge in [0.1, 0.15) is 0 Å². The van der Waals surface area contributed by atoms with Gasteiger partial charge in [0.2, 0.25) is 0 Å². The topological polar surface area (TPSA) is 30.9 Å². The molecule has 1 heterocycles. The lowest BCUT2D eigenvalue weighted by Gasteiger charge is -1.97. The van der Waals surface area contributed by atoms with Crippen LogP contribution < -0.4 is 5.73 Å². The second-order valence-electron chi connectivity index (χ2n) is 2.67. The third kappa shape index (κ3) is 0.802. The molecule has 3 heteroatoms. The molecular formula is C7H9IN2. The number of hydrogen-bond donors (Lipinski definition) is 1. The van der Waals surface area contributed by atoms with Crippen molar-refractivity contribution in [1.29, 1.82) is 0 Å². The summed E-state index contributed by atoms with van der Waals surface area (Å²) in [4.78, 5) is 0. The van der Waals surface area contributed by atoms with E-state index in [1.807, 2.05) is 0 Å². The highest BCUT2D eigenvalue weighted by atomic mass is 127. The van der Waals surface area contributed by atoms with Crippen molar-refractivity contribution in [2.24, 2.45) is 5.73 Å². The normalized spacial score (nSPS) is 23.2. The zero-order chi connectivity index (χ0) is 7.14. The average Bonchev–Trinajstić information content (AvgIpc) is 2.41. The van der Waals surface area contributed by atoms with Crippen molar-refractivity contribution < 1.29 is 0 Å². The molecule has 1 aromatic rings. The van der Waals surface area contributed by atoms with Gasteiger partial charge in [-0.3, -0.25) is 2.78 Å². The number of fused-ring (bicyclic) bond motifs is 1. The van der Waals surface area contributed by atoms with E-state index in [0.717, 1.165) is 12.8 Å². The van der Waals surface area contributed by atoms with Crippen LogP contribution in [0.15, 0.2) is 12.3 Å². The first kappa shape index (κ1) is 6.67. The van der Waals surface area contributed by atoms with Gasteiger partial charge in [-0.2, -0.15) is 0 Å². The van der Waals surface area contributed by atoms with Gasteiger partial charge in [-0.25, -0.2) is 0 Å². The zero-order valence-electron chi connectivity index (χ0n) is 5.55. The fourth-order valence-corrected chi connectivity index (χ4v) is 2.17. The number of hydrogen-bond acceptors (Lipinski definition) is 1. The molecule has 1 aliphatic rings. The molecule has 1 aliphatic carbocycles. The minimum Gasteiger partial charge on any atom is -0.324 e. The zero-order valence-corrected chi connectivity index (χ0v) is 7.71. The van der Waals surface area contributed by atoms with Crippen molar-refractivity contribution >= 4 is 22.9 Å². The first-order valence-electron chi connectivity index (χ1n) is 3.41. The lowest BCUT2D eigenvalue weighted by molar-refractivity contribution is 0.709. The Morgan fingerprint density at radius 2 is 2.50 bits per heavy atom. The van der Waals surface area contributed by atoms with E-state index in [4.69, 9.17) is 5.73 Å². The first-order valence-corrected chi connectivity index (χ1v) is 4.37. The highest BCUT2D eigenvalue weighted by Gasteiger charge is 2.21. The highest BCUT2D eigenvalue weighted by Crippen LogP contribution is 2.30. The number of halogens is 1. The van der Waals surface area contributed by atoms with Crippen LogP contribution in [0.2, 0.25) is 0 Å². The van der Waals surface area contributed by atoms with E-state index in [1.54, 1.807) is 0 Å². The molecule has 1 aromatic heterocycles. The lowest BCUT2D eigenvalue weighted by atomic mass is 10.2. The van der Waals surface area contributed by atoms with Crippen molar-refractivity contribution in [1.82, 2.24) is 2.78 Å². The van der Waals surface area contributed by atoms with E-state index in [1.165, 1.54) is 11.3 Å². The van der Waals surface area contributed by atoms with Gasteiger partial charge in [0.05, 0.1) is 22.9 Å². The molecule has 0 fully saturated rings. The molecule has 2 rings (SSSR count). The molecule has 2 nitrogen and oxygen atoms in total. The quantitative estimate of drug-likeness (QED) is 0.695. The Kier molecular flexibility index (Phi) is 1.49. The smallest absolute Gasteiger partial charge is 0.0637 e. The first-order chi connectivity index (χ1) is 4.79. The third-order valence-electron chi connectivity index (χ3n) is 2.07. The third-order valence-corrected chi connectivity index (χ3v) is 2.97. The van der Waals surface area contributed by atoms with Crippen molar-refractivity contribution in [3.05, 3.63) is 23.5 Å². The van der Waals surface area contributed by atoms with Gasteiger partial charge in [-0.05, 0) is 24.5 Å². The van der Waals surface area contributed by atoms with Gasteiger partial charge in [0.25, 0.3) is 0 Å². The summed E-state index contributed by atoms with van der Waals surface area (Å²) in [6, 6.07) is 2.42. The molecule has 0 spiro atoms. The van der Waals surface area contributed by atoms with Crippen LogP contribution in [0.5, 0.6) is 0 Å². The molecular weight excluding hydrogens is 239 g/mol. The number of rotatable bonds is 0. The number of aromatic nitrogens is 1. The molecule has 0 saturated heterocycles. The summed E-state index contributed by atoms with van der Waals surface area (Å²) < 4.78 is 2.14. The van der Waals surface area contributed by atoms with Crippen LogP contribution in [0.25, 0.3) is 0 Å². The highest BCUT2D eigenvalue weighted by molar-refractivity contribution is 14.1. The molecule has 0 aliphatic heterocycles. The number of nitrogens with zero attached hydrogens (tertiary/aromatic N) is 1. The standard InChI is InChI=1S/C7H9IN2/c8-10-4-3-5-6(9)1-2-7(5)10/h3-4,6H,1-2,9H2. The Morgan fingerprint density at radius 3 is 3.20 bits per heavy atom. The van der Waals surface area contributed by atoms with Gasteiger partial charge in [0.15, 0.2) is 0 Å². The van der Waals surface area contributed by atoms with Gasteiger partial charge in [-0.15, -0.1) is 0 Å². The van der Waals surface area contributed by atoms with Crippen LogP contribution in [0, 0.1) is 0 Å². The maximum Gasteiger partial charge on any atom is 0.0637 e. The van der Waals surface area contributed by atoms with Gasteiger partial charge in [0, 0.05) is 17.9 Å². The van der Waals surface area contributed by atoms with Crippen molar-refractivity contribution in [2.75, 3.05) is 0 Å². The molecule has 2 N–H and O–H groups in total. The van der Waals surface area contributed by atoms with Gasteiger partial charge in [-0.1, -0.05) is 0 Å². The summed E-state index contributed by atoms with van der Waals surface area (Å²) in [6.45, 7) is 0. The largest absolute Gasteiger partial charge is 0.324 e. The Morgan fingerprint density at radius 1 is 1.70 bits per heavy atom. The molecule has 0 amide bonds. The number of nitrogens with two attached hydrogens (primary N) is 1. The molecule has 1 unspecified atom stereocenters. The summed E-state index contributed by atoms with van der Waals surface area (Å²) in [5, 5.41) is 0. The molecule has 1 atom stereocenters. The Hall–Kier alpha value is -0.0300. The molecule has 0 radical (unpaired) electrons. The Bertz CT molecular complexity index is 254. The average molecular weight is 248 g/mol. The van der Waals surface area contributed by atoms with E-state index < -0.39 is 0 Å². The fraction of sp³-hybridized carbons (Fsp3) is 0.429. The predicted molar refractivity (Wildman–Crippen MR) is 49.1 cm³/mol. The van der Waals surface area contributed by atoms with Gasteiger partial charge < -0.3 is 5.73 Å². The predicted octanol–water partition coefficient (Wildman–Crippen LogP) is 1.63. The van der Waals surface area contributed by atoms with E-state index in [9.17, 15) is 0 Å². The van der Waals surface area contributed by atoms with Crippen LogP contribution >= 0.6 is 22.9 Å². The molecule has 0 bridgehead atoms.